The number of hydrogen-bond donors (Lipinski definition) is 1. The summed E-state index contributed by atoms with van der Waals surface area (Å²) in [5, 5.41) is 3.06. The first-order chi connectivity index (χ1) is 7.37. The summed E-state index contributed by atoms with van der Waals surface area (Å²) in [6.45, 7) is 5.82. The smallest absolute Gasteiger partial charge is 0.407 e. The fourth-order valence-electron chi connectivity index (χ4n) is 0.999. The third-order valence-electron chi connectivity index (χ3n) is 1.62. The van der Waals surface area contributed by atoms with Gasteiger partial charge in [-0.3, -0.25) is 0 Å². The van der Waals surface area contributed by atoms with Crippen LogP contribution in [0, 0.1) is 0 Å². The molecule has 0 aliphatic rings. The number of carbonyl (C=O) groups is 1. The van der Waals surface area contributed by atoms with Crippen molar-refractivity contribution in [1.82, 2.24) is 10.3 Å². The molecule has 0 fully saturated rings. The van der Waals surface area contributed by atoms with E-state index in [9.17, 15) is 4.79 Å². The molecule has 0 aliphatic carbocycles. The van der Waals surface area contributed by atoms with Crippen LogP contribution in [-0.2, 0) is 11.3 Å². The highest BCUT2D eigenvalue weighted by Crippen LogP contribution is 2.08. The van der Waals surface area contributed by atoms with Gasteiger partial charge in [0, 0.05) is 12.7 Å². The topological polar surface area (TPSA) is 51.2 Å². The maximum absolute atomic E-state index is 11.3. The van der Waals surface area contributed by atoms with Gasteiger partial charge in [0.15, 0.2) is 0 Å². The number of ether oxygens (including phenoxy) is 1. The lowest BCUT2D eigenvalue weighted by atomic mass is 10.2. The first-order valence-corrected chi connectivity index (χ1v) is 5.32. The SMILES string of the molecule is C.CC(C)(C)OC(=O)NCc1ccc(Cl)nc1. The molecule has 5 heteroatoms. The zero-order chi connectivity index (χ0) is 12.2. The second-order valence-corrected chi connectivity index (χ2v) is 4.73. The van der Waals surface area contributed by atoms with Crippen LogP contribution in [-0.4, -0.2) is 16.7 Å². The summed E-state index contributed by atoms with van der Waals surface area (Å²) in [5.41, 5.74) is 0.387. The lowest BCUT2D eigenvalue weighted by Crippen LogP contribution is -2.32. The molecule has 0 saturated carbocycles. The Morgan fingerprint density at radius 1 is 1.47 bits per heavy atom. The van der Waals surface area contributed by atoms with E-state index in [4.69, 9.17) is 16.3 Å². The summed E-state index contributed by atoms with van der Waals surface area (Å²) in [6, 6.07) is 3.47. The van der Waals surface area contributed by atoms with Crippen molar-refractivity contribution in [2.45, 2.75) is 40.3 Å². The summed E-state index contributed by atoms with van der Waals surface area (Å²) in [6.07, 6.45) is 1.17. The standard InChI is InChI=1S/C11H15ClN2O2.CH4/c1-11(2,3)16-10(15)14-7-8-4-5-9(12)13-6-8;/h4-6H,7H2,1-3H3,(H,14,15);1H4. The molecular weight excluding hydrogens is 240 g/mol. The van der Waals surface area contributed by atoms with Crippen LogP contribution in [0.5, 0.6) is 0 Å². The zero-order valence-corrected chi connectivity index (χ0v) is 10.3. The quantitative estimate of drug-likeness (QED) is 0.828. The lowest BCUT2D eigenvalue weighted by Gasteiger charge is -2.19. The van der Waals surface area contributed by atoms with Gasteiger partial charge in [-0.15, -0.1) is 0 Å². The van der Waals surface area contributed by atoms with Crippen molar-refractivity contribution in [3.05, 3.63) is 29.0 Å². The van der Waals surface area contributed by atoms with Crippen LogP contribution in [0.15, 0.2) is 18.3 Å². The van der Waals surface area contributed by atoms with Gasteiger partial charge in [0.1, 0.15) is 10.8 Å². The predicted octanol–water partition coefficient (Wildman–Crippen LogP) is 3.40. The minimum Gasteiger partial charge on any atom is -0.444 e. The van der Waals surface area contributed by atoms with Gasteiger partial charge < -0.3 is 10.1 Å². The molecular formula is C12H19ClN2O2. The largest absolute Gasteiger partial charge is 0.444 e. The second-order valence-electron chi connectivity index (χ2n) is 4.34. The van der Waals surface area contributed by atoms with Gasteiger partial charge in [-0.05, 0) is 32.4 Å². The molecule has 4 nitrogen and oxygen atoms in total. The Balaban J connectivity index is 0.00000256. The molecule has 0 aromatic carbocycles. The number of nitrogens with zero attached hydrogens (tertiary/aromatic N) is 1. The first-order valence-electron chi connectivity index (χ1n) is 4.94. The molecule has 0 bridgehead atoms. The first kappa shape index (κ1) is 15.7. The van der Waals surface area contributed by atoms with Crippen LogP contribution in [0.2, 0.25) is 5.15 Å². The average molecular weight is 259 g/mol. The molecule has 0 atom stereocenters. The van der Waals surface area contributed by atoms with Crippen LogP contribution >= 0.6 is 11.6 Å². The normalized spacial score (nSPS) is 10.4. The minimum atomic E-state index is -0.484. The van der Waals surface area contributed by atoms with Gasteiger partial charge in [-0.1, -0.05) is 25.1 Å². The molecule has 0 spiro atoms. The van der Waals surface area contributed by atoms with E-state index in [0.717, 1.165) is 5.56 Å². The number of amides is 1. The molecule has 1 rings (SSSR count). The third kappa shape index (κ3) is 6.79. The van der Waals surface area contributed by atoms with E-state index in [0.29, 0.717) is 11.7 Å². The zero-order valence-electron chi connectivity index (χ0n) is 9.58. The van der Waals surface area contributed by atoms with E-state index >= 15 is 0 Å². The van der Waals surface area contributed by atoms with E-state index in [2.05, 4.69) is 10.3 Å². The fraction of sp³-hybridized carbons (Fsp3) is 0.500. The van der Waals surface area contributed by atoms with Gasteiger partial charge in [0.2, 0.25) is 0 Å². The van der Waals surface area contributed by atoms with Gasteiger partial charge in [0.25, 0.3) is 0 Å². The highest BCUT2D eigenvalue weighted by molar-refractivity contribution is 6.29. The number of hydrogen-bond acceptors (Lipinski definition) is 3. The number of pyridine rings is 1. The maximum Gasteiger partial charge on any atom is 0.407 e. The van der Waals surface area contributed by atoms with Crippen LogP contribution in [0.4, 0.5) is 4.79 Å². The molecule has 96 valence electrons. The van der Waals surface area contributed by atoms with E-state index in [1.807, 2.05) is 20.8 Å². The summed E-state index contributed by atoms with van der Waals surface area (Å²) >= 11 is 5.64. The van der Waals surface area contributed by atoms with Crippen LogP contribution in [0.3, 0.4) is 0 Å². The minimum absolute atomic E-state index is 0. The summed E-state index contributed by atoms with van der Waals surface area (Å²) < 4.78 is 5.09. The summed E-state index contributed by atoms with van der Waals surface area (Å²) in [7, 11) is 0. The van der Waals surface area contributed by atoms with Gasteiger partial charge in [0.05, 0.1) is 0 Å². The van der Waals surface area contributed by atoms with Crippen molar-refractivity contribution >= 4 is 17.7 Å². The van der Waals surface area contributed by atoms with E-state index in [1.54, 1.807) is 18.3 Å². The van der Waals surface area contributed by atoms with Gasteiger partial charge >= 0.3 is 6.09 Å². The molecule has 17 heavy (non-hydrogen) atoms. The number of nitrogens with one attached hydrogen (secondary N) is 1. The molecule has 1 aromatic rings. The van der Waals surface area contributed by atoms with Crippen molar-refractivity contribution < 1.29 is 9.53 Å². The van der Waals surface area contributed by atoms with Crippen molar-refractivity contribution in [1.29, 1.82) is 0 Å². The van der Waals surface area contributed by atoms with Crippen LogP contribution in [0.1, 0.15) is 33.8 Å². The number of rotatable bonds is 2. The number of carbonyl (C=O) groups excluding carboxylic acids is 1. The monoisotopic (exact) mass is 258 g/mol. The van der Waals surface area contributed by atoms with Crippen LogP contribution < -0.4 is 5.32 Å². The Hall–Kier alpha value is -1.29. The van der Waals surface area contributed by atoms with Crippen molar-refractivity contribution in [2.75, 3.05) is 0 Å². The lowest BCUT2D eigenvalue weighted by molar-refractivity contribution is 0.0523. The predicted molar refractivity (Wildman–Crippen MR) is 69.1 cm³/mol. The highest BCUT2D eigenvalue weighted by Gasteiger charge is 2.15. The number of halogens is 1. The molecule has 1 N–H and O–H groups in total. The van der Waals surface area contributed by atoms with Crippen molar-refractivity contribution in [2.24, 2.45) is 0 Å². The molecule has 0 radical (unpaired) electrons. The van der Waals surface area contributed by atoms with E-state index < -0.39 is 11.7 Å². The Bertz CT molecular complexity index is 358. The Labute approximate surface area is 107 Å². The van der Waals surface area contributed by atoms with E-state index in [-0.39, 0.29) is 7.43 Å². The third-order valence-corrected chi connectivity index (χ3v) is 1.85. The molecule has 1 heterocycles. The maximum atomic E-state index is 11.3. The number of alkyl carbamates (subject to hydrolysis) is 1. The van der Waals surface area contributed by atoms with Crippen molar-refractivity contribution in [3.63, 3.8) is 0 Å². The molecule has 1 aromatic heterocycles. The van der Waals surface area contributed by atoms with Gasteiger partial charge in [-0.2, -0.15) is 0 Å². The molecule has 1 amide bonds. The Morgan fingerprint density at radius 3 is 2.59 bits per heavy atom. The van der Waals surface area contributed by atoms with E-state index in [1.165, 1.54) is 0 Å². The Kier molecular flexibility index (Phi) is 5.96. The second kappa shape index (κ2) is 6.45. The average Bonchev–Trinajstić information content (AvgIpc) is 2.14. The summed E-state index contributed by atoms with van der Waals surface area (Å²) in [4.78, 5) is 15.2. The van der Waals surface area contributed by atoms with Crippen LogP contribution in [0.25, 0.3) is 0 Å². The summed E-state index contributed by atoms with van der Waals surface area (Å²) in [5.74, 6) is 0. The molecule has 0 unspecified atom stereocenters. The highest BCUT2D eigenvalue weighted by atomic mass is 35.5. The fourth-order valence-corrected chi connectivity index (χ4v) is 1.11. The Morgan fingerprint density at radius 2 is 2.12 bits per heavy atom. The van der Waals surface area contributed by atoms with Crippen molar-refractivity contribution in [3.8, 4) is 0 Å². The molecule has 0 aliphatic heterocycles. The van der Waals surface area contributed by atoms with Gasteiger partial charge in [-0.25, -0.2) is 9.78 Å². The molecule has 0 saturated heterocycles. The number of aromatic nitrogens is 1.